The highest BCUT2D eigenvalue weighted by molar-refractivity contribution is 9.10. The van der Waals surface area contributed by atoms with Crippen molar-refractivity contribution in [3.05, 3.63) is 34.1 Å². The van der Waals surface area contributed by atoms with E-state index in [4.69, 9.17) is 4.74 Å². The van der Waals surface area contributed by atoms with E-state index in [0.29, 0.717) is 11.0 Å². The van der Waals surface area contributed by atoms with Crippen LogP contribution < -0.4 is 0 Å². The van der Waals surface area contributed by atoms with E-state index < -0.39 is 0 Å². The SMILES string of the molecule is COC(=O)C1CCCCN1Cc1cc(F)cc(Br)c1. The van der Waals surface area contributed by atoms with Crippen molar-refractivity contribution in [2.75, 3.05) is 13.7 Å². The zero-order valence-corrected chi connectivity index (χ0v) is 12.5. The van der Waals surface area contributed by atoms with Gasteiger partial charge in [-0.2, -0.15) is 0 Å². The van der Waals surface area contributed by atoms with Gasteiger partial charge >= 0.3 is 5.97 Å². The number of carbonyl (C=O) groups excluding carboxylic acids is 1. The predicted octanol–water partition coefficient (Wildman–Crippen LogP) is 3.12. The van der Waals surface area contributed by atoms with Gasteiger partial charge in [-0.3, -0.25) is 9.69 Å². The van der Waals surface area contributed by atoms with Gasteiger partial charge < -0.3 is 4.74 Å². The summed E-state index contributed by atoms with van der Waals surface area (Å²) in [5.41, 5.74) is 0.864. The van der Waals surface area contributed by atoms with Crippen molar-refractivity contribution in [3.63, 3.8) is 0 Å². The monoisotopic (exact) mass is 329 g/mol. The van der Waals surface area contributed by atoms with Crippen molar-refractivity contribution in [2.24, 2.45) is 0 Å². The Kier molecular flexibility index (Phi) is 4.93. The summed E-state index contributed by atoms with van der Waals surface area (Å²) >= 11 is 3.29. The third-order valence-electron chi connectivity index (χ3n) is 3.39. The molecule has 1 fully saturated rings. The molecule has 0 spiro atoms. The average molecular weight is 330 g/mol. The van der Waals surface area contributed by atoms with Crippen LogP contribution in [-0.4, -0.2) is 30.6 Å². The van der Waals surface area contributed by atoms with Crippen molar-refractivity contribution >= 4 is 21.9 Å². The molecule has 1 unspecified atom stereocenters. The molecule has 1 aliphatic rings. The van der Waals surface area contributed by atoms with Crippen molar-refractivity contribution in [2.45, 2.75) is 31.8 Å². The van der Waals surface area contributed by atoms with Gasteiger partial charge in [0.05, 0.1) is 7.11 Å². The van der Waals surface area contributed by atoms with Gasteiger partial charge in [0, 0.05) is 11.0 Å². The summed E-state index contributed by atoms with van der Waals surface area (Å²) in [5, 5.41) is 0. The molecular formula is C14H17BrFNO2. The van der Waals surface area contributed by atoms with Gasteiger partial charge in [0.2, 0.25) is 0 Å². The summed E-state index contributed by atoms with van der Waals surface area (Å²) < 4.78 is 18.9. The first-order chi connectivity index (χ1) is 9.10. The van der Waals surface area contributed by atoms with Crippen LogP contribution >= 0.6 is 15.9 Å². The minimum atomic E-state index is -0.268. The highest BCUT2D eigenvalue weighted by atomic mass is 79.9. The van der Waals surface area contributed by atoms with Gasteiger partial charge in [-0.05, 0) is 43.1 Å². The number of halogens is 2. The lowest BCUT2D eigenvalue weighted by molar-refractivity contribution is -0.148. The van der Waals surface area contributed by atoms with Crippen LogP contribution in [0.2, 0.25) is 0 Å². The molecule has 2 rings (SSSR count). The number of hydrogen-bond acceptors (Lipinski definition) is 3. The lowest BCUT2D eigenvalue weighted by Gasteiger charge is -2.33. The molecule has 0 N–H and O–H groups in total. The Morgan fingerprint density at radius 3 is 2.95 bits per heavy atom. The molecule has 19 heavy (non-hydrogen) atoms. The van der Waals surface area contributed by atoms with Crippen LogP contribution in [0.5, 0.6) is 0 Å². The summed E-state index contributed by atoms with van der Waals surface area (Å²) in [6, 6.07) is 4.61. The highest BCUT2D eigenvalue weighted by Crippen LogP contribution is 2.22. The van der Waals surface area contributed by atoms with Gasteiger partial charge in [0.25, 0.3) is 0 Å². The number of rotatable bonds is 3. The maximum Gasteiger partial charge on any atom is 0.323 e. The second-order valence-electron chi connectivity index (χ2n) is 4.78. The highest BCUT2D eigenvalue weighted by Gasteiger charge is 2.29. The molecule has 1 aromatic carbocycles. The van der Waals surface area contributed by atoms with E-state index in [1.54, 1.807) is 0 Å². The number of hydrogen-bond donors (Lipinski definition) is 0. The fourth-order valence-electron chi connectivity index (χ4n) is 2.52. The number of nitrogens with zero attached hydrogens (tertiary/aromatic N) is 1. The Bertz CT molecular complexity index is 447. The van der Waals surface area contributed by atoms with E-state index in [0.717, 1.165) is 31.4 Å². The second kappa shape index (κ2) is 6.48. The number of likely N-dealkylation sites (tertiary alicyclic amines) is 1. The summed E-state index contributed by atoms with van der Waals surface area (Å²) in [6.07, 6.45) is 2.90. The number of piperidine rings is 1. The Hall–Kier alpha value is -0.940. The summed E-state index contributed by atoms with van der Waals surface area (Å²) in [5.74, 6) is -0.467. The van der Waals surface area contributed by atoms with Crippen molar-refractivity contribution in [1.82, 2.24) is 4.90 Å². The third kappa shape index (κ3) is 3.76. The number of esters is 1. The smallest absolute Gasteiger partial charge is 0.323 e. The molecule has 1 saturated heterocycles. The molecule has 0 bridgehead atoms. The van der Waals surface area contributed by atoms with Crippen LogP contribution in [0, 0.1) is 5.82 Å². The fourth-order valence-corrected chi connectivity index (χ4v) is 3.03. The number of methoxy groups -OCH3 is 1. The van der Waals surface area contributed by atoms with E-state index in [-0.39, 0.29) is 17.8 Å². The number of carbonyl (C=O) groups is 1. The Morgan fingerprint density at radius 1 is 1.47 bits per heavy atom. The first-order valence-electron chi connectivity index (χ1n) is 6.37. The molecule has 1 aromatic rings. The van der Waals surface area contributed by atoms with Crippen LogP contribution in [0.25, 0.3) is 0 Å². The molecule has 0 radical (unpaired) electrons. The van der Waals surface area contributed by atoms with E-state index in [1.807, 2.05) is 6.07 Å². The third-order valence-corrected chi connectivity index (χ3v) is 3.85. The normalized spacial score (nSPS) is 20.3. The molecule has 5 heteroatoms. The minimum absolute atomic E-state index is 0.199. The van der Waals surface area contributed by atoms with Crippen LogP contribution in [-0.2, 0) is 16.1 Å². The van der Waals surface area contributed by atoms with E-state index in [1.165, 1.54) is 19.2 Å². The molecule has 3 nitrogen and oxygen atoms in total. The summed E-state index contributed by atoms with van der Waals surface area (Å²) in [7, 11) is 1.41. The van der Waals surface area contributed by atoms with Crippen molar-refractivity contribution < 1.29 is 13.9 Å². The lowest BCUT2D eigenvalue weighted by Crippen LogP contribution is -2.44. The molecule has 0 aliphatic carbocycles. The first-order valence-corrected chi connectivity index (χ1v) is 7.16. The van der Waals surface area contributed by atoms with Crippen molar-refractivity contribution in [3.8, 4) is 0 Å². The van der Waals surface area contributed by atoms with Crippen molar-refractivity contribution in [1.29, 1.82) is 0 Å². The molecule has 1 atom stereocenters. The maximum absolute atomic E-state index is 13.4. The first kappa shape index (κ1) is 14.5. The topological polar surface area (TPSA) is 29.5 Å². The molecular weight excluding hydrogens is 313 g/mol. The average Bonchev–Trinajstić information content (AvgIpc) is 2.37. The molecule has 104 valence electrons. The van der Waals surface area contributed by atoms with Crippen LogP contribution in [0.3, 0.4) is 0 Å². The standard InChI is InChI=1S/C14H17BrFNO2/c1-19-14(18)13-4-2-3-5-17(13)9-10-6-11(15)8-12(16)7-10/h6-8,13H,2-5,9H2,1H3. The largest absolute Gasteiger partial charge is 0.468 e. The Labute approximate surface area is 120 Å². The molecule has 1 heterocycles. The summed E-state index contributed by atoms with van der Waals surface area (Å²) in [6.45, 7) is 1.41. The van der Waals surface area contributed by atoms with Crippen LogP contribution in [0.15, 0.2) is 22.7 Å². The van der Waals surface area contributed by atoms with Gasteiger partial charge in [-0.1, -0.05) is 22.4 Å². The molecule has 0 saturated carbocycles. The van der Waals surface area contributed by atoms with E-state index >= 15 is 0 Å². The molecule has 0 amide bonds. The maximum atomic E-state index is 13.4. The lowest BCUT2D eigenvalue weighted by atomic mass is 10.0. The van der Waals surface area contributed by atoms with Crippen LogP contribution in [0.1, 0.15) is 24.8 Å². The summed E-state index contributed by atoms with van der Waals surface area (Å²) in [4.78, 5) is 13.8. The Balaban J connectivity index is 2.12. The minimum Gasteiger partial charge on any atom is -0.468 e. The molecule has 1 aliphatic heterocycles. The van der Waals surface area contributed by atoms with Gasteiger partial charge in [0.1, 0.15) is 11.9 Å². The number of ether oxygens (including phenoxy) is 1. The van der Waals surface area contributed by atoms with E-state index in [9.17, 15) is 9.18 Å². The number of benzene rings is 1. The fraction of sp³-hybridized carbons (Fsp3) is 0.500. The van der Waals surface area contributed by atoms with Crippen LogP contribution in [0.4, 0.5) is 4.39 Å². The van der Waals surface area contributed by atoms with E-state index in [2.05, 4.69) is 20.8 Å². The van der Waals surface area contributed by atoms with Gasteiger partial charge in [0.15, 0.2) is 0 Å². The molecule has 0 aromatic heterocycles. The second-order valence-corrected chi connectivity index (χ2v) is 5.70. The predicted molar refractivity (Wildman–Crippen MR) is 74.2 cm³/mol. The quantitative estimate of drug-likeness (QED) is 0.798. The van der Waals surface area contributed by atoms with Gasteiger partial charge in [-0.25, -0.2) is 4.39 Å². The zero-order chi connectivity index (χ0) is 13.8. The zero-order valence-electron chi connectivity index (χ0n) is 10.9. The van der Waals surface area contributed by atoms with Gasteiger partial charge in [-0.15, -0.1) is 0 Å². The Morgan fingerprint density at radius 2 is 2.26 bits per heavy atom.